The summed E-state index contributed by atoms with van der Waals surface area (Å²) in [5.41, 5.74) is 7.79. The van der Waals surface area contributed by atoms with Gasteiger partial charge in [0.25, 0.3) is 0 Å². The van der Waals surface area contributed by atoms with E-state index >= 15 is 0 Å². The van der Waals surface area contributed by atoms with Gasteiger partial charge in [-0.15, -0.1) is 10.2 Å². The van der Waals surface area contributed by atoms with Crippen LogP contribution in [-0.4, -0.2) is 38.7 Å². The molecule has 2 heterocycles. The molecule has 0 aliphatic heterocycles. The molecule has 0 unspecified atom stereocenters. The van der Waals surface area contributed by atoms with Crippen LogP contribution < -0.4 is 10.6 Å². The summed E-state index contributed by atoms with van der Waals surface area (Å²) in [6.45, 7) is 0.546. The number of benzene rings is 1. The van der Waals surface area contributed by atoms with E-state index in [4.69, 9.17) is 5.73 Å². The van der Waals surface area contributed by atoms with Crippen LogP contribution in [0.4, 0.5) is 5.95 Å². The molecule has 0 radical (unpaired) electrons. The zero-order valence-electron chi connectivity index (χ0n) is 14.5. The molecule has 7 heteroatoms. The van der Waals surface area contributed by atoms with E-state index in [-0.39, 0.29) is 0 Å². The second-order valence-electron chi connectivity index (χ2n) is 6.56. The van der Waals surface area contributed by atoms with Crippen LogP contribution in [0.25, 0.3) is 11.4 Å². The standard InChI is InChI=1S/C19H20N6O/c1-24(16-7-8-16)19-23-22-18(15-6-3-9-21-11-15)25(19)12-13-4-2-5-14(10-13)17(20)26/h2-6,9-11,16H,7-8,12H2,1H3,(H2,20,26). The van der Waals surface area contributed by atoms with E-state index < -0.39 is 5.91 Å². The number of anilines is 1. The lowest BCUT2D eigenvalue weighted by Gasteiger charge is -2.19. The van der Waals surface area contributed by atoms with Crippen LogP contribution in [0.15, 0.2) is 48.8 Å². The summed E-state index contributed by atoms with van der Waals surface area (Å²) in [6.07, 6.45) is 5.85. The van der Waals surface area contributed by atoms with Crippen molar-refractivity contribution in [2.45, 2.75) is 25.4 Å². The molecule has 7 nitrogen and oxygen atoms in total. The average molecular weight is 348 g/mol. The van der Waals surface area contributed by atoms with Gasteiger partial charge < -0.3 is 10.6 Å². The van der Waals surface area contributed by atoms with Crippen LogP contribution in [0.1, 0.15) is 28.8 Å². The fourth-order valence-corrected chi connectivity index (χ4v) is 3.04. The quantitative estimate of drug-likeness (QED) is 0.737. The van der Waals surface area contributed by atoms with Gasteiger partial charge in [-0.25, -0.2) is 0 Å². The number of primary amides is 1. The number of rotatable bonds is 6. The molecule has 4 rings (SSSR count). The lowest BCUT2D eigenvalue weighted by Crippen LogP contribution is -2.24. The molecule has 1 fully saturated rings. The minimum atomic E-state index is -0.432. The first-order chi connectivity index (χ1) is 12.6. The van der Waals surface area contributed by atoms with E-state index in [9.17, 15) is 4.79 Å². The highest BCUT2D eigenvalue weighted by Gasteiger charge is 2.30. The maximum atomic E-state index is 11.5. The topological polar surface area (TPSA) is 89.9 Å². The van der Waals surface area contributed by atoms with Crippen LogP contribution in [0.2, 0.25) is 0 Å². The smallest absolute Gasteiger partial charge is 0.248 e. The summed E-state index contributed by atoms with van der Waals surface area (Å²) in [5, 5.41) is 8.84. The summed E-state index contributed by atoms with van der Waals surface area (Å²) in [4.78, 5) is 17.9. The van der Waals surface area contributed by atoms with Crippen molar-refractivity contribution < 1.29 is 4.79 Å². The Hall–Kier alpha value is -3.22. The average Bonchev–Trinajstić information content (AvgIpc) is 3.43. The molecule has 0 spiro atoms. The van der Waals surface area contributed by atoms with E-state index in [1.165, 1.54) is 12.8 Å². The van der Waals surface area contributed by atoms with Crippen LogP contribution in [0, 0.1) is 0 Å². The number of aromatic nitrogens is 4. The Morgan fingerprint density at radius 2 is 2.12 bits per heavy atom. The molecule has 0 atom stereocenters. The molecule has 2 aromatic heterocycles. The third kappa shape index (κ3) is 3.15. The number of nitrogens with two attached hydrogens (primary N) is 1. The molecule has 1 amide bonds. The van der Waals surface area contributed by atoms with Crippen LogP contribution in [-0.2, 0) is 6.54 Å². The molecule has 26 heavy (non-hydrogen) atoms. The number of carbonyl (C=O) groups is 1. The number of nitrogens with zero attached hydrogens (tertiary/aromatic N) is 5. The van der Waals surface area contributed by atoms with Crippen LogP contribution in [0.5, 0.6) is 0 Å². The van der Waals surface area contributed by atoms with Crippen molar-refractivity contribution in [3.05, 3.63) is 59.9 Å². The Balaban J connectivity index is 1.76. The molecule has 2 N–H and O–H groups in total. The summed E-state index contributed by atoms with van der Waals surface area (Å²) >= 11 is 0. The molecule has 0 saturated heterocycles. The number of pyridine rings is 1. The molecule has 1 aliphatic rings. The SMILES string of the molecule is CN(c1nnc(-c2cccnc2)n1Cc1cccc(C(N)=O)c1)C1CC1. The fraction of sp³-hybridized carbons (Fsp3) is 0.263. The second-order valence-corrected chi connectivity index (χ2v) is 6.56. The Kier molecular flexibility index (Phi) is 4.12. The van der Waals surface area contributed by atoms with Gasteiger partial charge in [0, 0.05) is 36.6 Å². The van der Waals surface area contributed by atoms with Gasteiger partial charge in [-0.05, 0) is 42.7 Å². The molecule has 132 valence electrons. The Morgan fingerprint density at radius 3 is 2.81 bits per heavy atom. The highest BCUT2D eigenvalue weighted by atomic mass is 16.1. The molecule has 1 aromatic carbocycles. The molecular weight excluding hydrogens is 328 g/mol. The highest BCUT2D eigenvalue weighted by molar-refractivity contribution is 5.92. The molecule has 1 saturated carbocycles. The van der Waals surface area contributed by atoms with Crippen molar-refractivity contribution in [3.63, 3.8) is 0 Å². The molecule has 0 bridgehead atoms. The van der Waals surface area contributed by atoms with Crippen molar-refractivity contribution in [2.24, 2.45) is 5.73 Å². The van der Waals surface area contributed by atoms with E-state index in [0.29, 0.717) is 18.2 Å². The van der Waals surface area contributed by atoms with Crippen molar-refractivity contribution in [1.29, 1.82) is 0 Å². The zero-order chi connectivity index (χ0) is 18.1. The Labute approximate surface area is 151 Å². The number of carbonyl (C=O) groups excluding carboxylic acids is 1. The first-order valence-corrected chi connectivity index (χ1v) is 8.58. The van der Waals surface area contributed by atoms with Gasteiger partial charge in [0.05, 0.1) is 6.54 Å². The van der Waals surface area contributed by atoms with Gasteiger partial charge in [0.15, 0.2) is 5.82 Å². The Bertz CT molecular complexity index is 932. The van der Waals surface area contributed by atoms with Gasteiger partial charge in [0.1, 0.15) is 0 Å². The van der Waals surface area contributed by atoms with Crippen molar-refractivity contribution >= 4 is 11.9 Å². The number of hydrogen-bond donors (Lipinski definition) is 1. The zero-order valence-corrected chi connectivity index (χ0v) is 14.5. The van der Waals surface area contributed by atoms with Crippen molar-refractivity contribution in [1.82, 2.24) is 19.7 Å². The predicted molar refractivity (Wildman–Crippen MR) is 98.7 cm³/mol. The van der Waals surface area contributed by atoms with Crippen LogP contribution >= 0.6 is 0 Å². The maximum Gasteiger partial charge on any atom is 0.248 e. The summed E-state index contributed by atoms with van der Waals surface area (Å²) in [7, 11) is 2.05. The highest BCUT2D eigenvalue weighted by Crippen LogP contribution is 2.31. The van der Waals surface area contributed by atoms with Crippen molar-refractivity contribution in [3.8, 4) is 11.4 Å². The normalized spacial score (nSPS) is 13.6. The van der Waals surface area contributed by atoms with Crippen LogP contribution in [0.3, 0.4) is 0 Å². The lowest BCUT2D eigenvalue weighted by molar-refractivity contribution is 0.1000. The third-order valence-corrected chi connectivity index (χ3v) is 4.61. The van der Waals surface area contributed by atoms with Gasteiger partial charge >= 0.3 is 0 Å². The molecule has 1 aliphatic carbocycles. The predicted octanol–water partition coefficient (Wildman–Crippen LogP) is 2.09. The maximum absolute atomic E-state index is 11.5. The van der Waals surface area contributed by atoms with E-state index in [1.807, 2.05) is 37.4 Å². The molecular formula is C19H20N6O. The van der Waals surface area contributed by atoms with E-state index in [0.717, 1.165) is 22.9 Å². The monoisotopic (exact) mass is 348 g/mol. The van der Waals surface area contributed by atoms with Crippen molar-refractivity contribution in [2.75, 3.05) is 11.9 Å². The first kappa shape index (κ1) is 16.3. The summed E-state index contributed by atoms with van der Waals surface area (Å²) in [6, 6.07) is 11.7. The fourth-order valence-electron chi connectivity index (χ4n) is 3.04. The van der Waals surface area contributed by atoms with Gasteiger partial charge in [-0.2, -0.15) is 0 Å². The van der Waals surface area contributed by atoms with Gasteiger partial charge in [-0.3, -0.25) is 14.3 Å². The lowest BCUT2D eigenvalue weighted by atomic mass is 10.1. The minimum Gasteiger partial charge on any atom is -0.366 e. The largest absolute Gasteiger partial charge is 0.366 e. The number of amides is 1. The second kappa shape index (κ2) is 6.59. The van der Waals surface area contributed by atoms with Gasteiger partial charge in [-0.1, -0.05) is 12.1 Å². The Morgan fingerprint density at radius 1 is 1.27 bits per heavy atom. The summed E-state index contributed by atoms with van der Waals surface area (Å²) in [5.74, 6) is 1.14. The van der Waals surface area contributed by atoms with E-state index in [1.54, 1.807) is 18.5 Å². The molecule has 3 aromatic rings. The van der Waals surface area contributed by atoms with E-state index in [2.05, 4.69) is 24.6 Å². The van der Waals surface area contributed by atoms with Gasteiger partial charge in [0.2, 0.25) is 11.9 Å². The number of hydrogen-bond acceptors (Lipinski definition) is 5. The minimum absolute atomic E-state index is 0.432. The third-order valence-electron chi connectivity index (χ3n) is 4.61. The first-order valence-electron chi connectivity index (χ1n) is 8.58. The summed E-state index contributed by atoms with van der Waals surface area (Å²) < 4.78 is 2.06.